The van der Waals surface area contributed by atoms with Crippen LogP contribution >= 0.6 is 0 Å². The zero-order valence-corrected chi connectivity index (χ0v) is 7.67. The average Bonchev–Trinajstić information content (AvgIpc) is 2.97. The van der Waals surface area contributed by atoms with Crippen LogP contribution in [0.5, 0.6) is 0 Å². The Hall–Kier alpha value is -1.39. The van der Waals surface area contributed by atoms with Crippen LogP contribution in [0.2, 0.25) is 0 Å². The molecule has 0 aromatic carbocycles. The Kier molecular flexibility index (Phi) is 1.33. The van der Waals surface area contributed by atoms with Crippen LogP contribution < -0.4 is 10.6 Å². The summed E-state index contributed by atoms with van der Waals surface area (Å²) in [6, 6.07) is 0.304. The second-order valence-corrected chi connectivity index (χ2v) is 4.20. The maximum atomic E-state index is 11.5. The second-order valence-electron chi connectivity index (χ2n) is 4.20. The monoisotopic (exact) mass is 193 g/mol. The van der Waals surface area contributed by atoms with Crippen molar-refractivity contribution < 1.29 is 9.59 Å². The zero-order chi connectivity index (χ0) is 9.76. The Balaban J connectivity index is 1.81. The summed E-state index contributed by atoms with van der Waals surface area (Å²) in [5, 5.41) is 5.30. The standard InChI is InChI=1S/C9H11N3O2/c13-6-9(3-4-9)7(14)12-8(11-6)10-5-1-2-5/h5H,1-4H2,(H2,10,11,12,13,14). The molecule has 0 bridgehead atoms. The van der Waals surface area contributed by atoms with Gasteiger partial charge in [0.2, 0.25) is 17.8 Å². The molecule has 1 aliphatic heterocycles. The quantitative estimate of drug-likeness (QED) is 0.553. The lowest BCUT2D eigenvalue weighted by atomic mass is 10.0. The molecule has 0 radical (unpaired) electrons. The first-order chi connectivity index (χ1) is 6.71. The number of carbonyl (C=O) groups excluding carboxylic acids is 2. The minimum absolute atomic E-state index is 0.180. The van der Waals surface area contributed by atoms with Crippen molar-refractivity contribution in [1.29, 1.82) is 0 Å². The lowest BCUT2D eigenvalue weighted by Crippen LogP contribution is -2.57. The van der Waals surface area contributed by atoms with E-state index in [1.807, 2.05) is 0 Å². The largest absolute Gasteiger partial charge is 0.295 e. The molecule has 0 atom stereocenters. The van der Waals surface area contributed by atoms with E-state index in [1.165, 1.54) is 0 Å². The Morgan fingerprint density at radius 3 is 2.14 bits per heavy atom. The second kappa shape index (κ2) is 2.34. The highest BCUT2D eigenvalue weighted by Crippen LogP contribution is 2.47. The number of guanidine groups is 1. The third kappa shape index (κ3) is 1.05. The fourth-order valence-corrected chi connectivity index (χ4v) is 1.62. The van der Waals surface area contributed by atoms with E-state index in [-0.39, 0.29) is 11.8 Å². The Labute approximate surface area is 81.0 Å². The van der Waals surface area contributed by atoms with E-state index >= 15 is 0 Å². The average molecular weight is 193 g/mol. The van der Waals surface area contributed by atoms with Gasteiger partial charge in [-0.2, -0.15) is 0 Å². The molecule has 74 valence electrons. The summed E-state index contributed by atoms with van der Waals surface area (Å²) in [5.74, 6) is -0.0127. The van der Waals surface area contributed by atoms with Crippen molar-refractivity contribution in [3.8, 4) is 0 Å². The molecule has 2 N–H and O–H groups in total. The first-order valence-electron chi connectivity index (χ1n) is 4.91. The lowest BCUT2D eigenvalue weighted by molar-refractivity contribution is -0.137. The van der Waals surface area contributed by atoms with Crippen molar-refractivity contribution in [1.82, 2.24) is 10.6 Å². The van der Waals surface area contributed by atoms with Crippen LogP contribution in [0.15, 0.2) is 4.99 Å². The molecule has 1 saturated heterocycles. The van der Waals surface area contributed by atoms with E-state index in [9.17, 15) is 9.59 Å². The van der Waals surface area contributed by atoms with Gasteiger partial charge in [0.05, 0.1) is 6.04 Å². The first kappa shape index (κ1) is 7.96. The fraction of sp³-hybridized carbons (Fsp3) is 0.667. The van der Waals surface area contributed by atoms with E-state index in [2.05, 4.69) is 15.6 Å². The van der Waals surface area contributed by atoms with Crippen LogP contribution in [0.3, 0.4) is 0 Å². The molecule has 3 aliphatic rings. The predicted octanol–water partition coefficient (Wildman–Crippen LogP) is -0.469. The van der Waals surface area contributed by atoms with Crippen molar-refractivity contribution in [2.24, 2.45) is 10.4 Å². The third-order valence-electron chi connectivity index (χ3n) is 2.94. The molecule has 14 heavy (non-hydrogen) atoms. The van der Waals surface area contributed by atoms with Gasteiger partial charge in [-0.15, -0.1) is 0 Å². The van der Waals surface area contributed by atoms with Gasteiger partial charge in [0.1, 0.15) is 5.41 Å². The van der Waals surface area contributed by atoms with Gasteiger partial charge in [0.25, 0.3) is 0 Å². The van der Waals surface area contributed by atoms with Crippen molar-refractivity contribution in [2.75, 3.05) is 0 Å². The molecule has 3 rings (SSSR count). The summed E-state index contributed by atoms with van der Waals surface area (Å²) in [6.45, 7) is 0. The zero-order valence-electron chi connectivity index (χ0n) is 7.67. The molecule has 3 fully saturated rings. The van der Waals surface area contributed by atoms with E-state index in [0.29, 0.717) is 24.8 Å². The van der Waals surface area contributed by atoms with E-state index in [0.717, 1.165) is 12.8 Å². The van der Waals surface area contributed by atoms with Gasteiger partial charge in [-0.25, -0.2) is 4.99 Å². The van der Waals surface area contributed by atoms with Gasteiger partial charge in [-0.1, -0.05) is 0 Å². The number of amides is 2. The van der Waals surface area contributed by atoms with E-state index in [1.54, 1.807) is 0 Å². The number of hydrogen-bond acceptors (Lipinski definition) is 3. The maximum Gasteiger partial charge on any atom is 0.242 e. The topological polar surface area (TPSA) is 70.6 Å². The van der Waals surface area contributed by atoms with Gasteiger partial charge >= 0.3 is 0 Å². The number of rotatable bonds is 1. The van der Waals surface area contributed by atoms with Crippen molar-refractivity contribution in [3.05, 3.63) is 0 Å². The number of nitrogens with one attached hydrogen (secondary N) is 2. The smallest absolute Gasteiger partial charge is 0.242 e. The van der Waals surface area contributed by atoms with E-state index in [4.69, 9.17) is 0 Å². The fourth-order valence-electron chi connectivity index (χ4n) is 1.62. The number of aliphatic imine (C=N–C) groups is 1. The molecular weight excluding hydrogens is 182 g/mol. The summed E-state index contributed by atoms with van der Waals surface area (Å²) in [6.07, 6.45) is 3.45. The van der Waals surface area contributed by atoms with Crippen molar-refractivity contribution in [3.63, 3.8) is 0 Å². The van der Waals surface area contributed by atoms with Crippen LogP contribution in [0, 0.1) is 5.41 Å². The van der Waals surface area contributed by atoms with Crippen LogP contribution in [-0.2, 0) is 9.59 Å². The van der Waals surface area contributed by atoms with Crippen LogP contribution in [0.25, 0.3) is 0 Å². The van der Waals surface area contributed by atoms with Crippen LogP contribution in [0.4, 0.5) is 0 Å². The minimum Gasteiger partial charge on any atom is -0.295 e. The van der Waals surface area contributed by atoms with Crippen LogP contribution in [-0.4, -0.2) is 23.8 Å². The summed E-state index contributed by atoms with van der Waals surface area (Å²) >= 11 is 0. The number of nitrogens with zero attached hydrogens (tertiary/aromatic N) is 1. The first-order valence-corrected chi connectivity index (χ1v) is 4.91. The lowest BCUT2D eigenvalue weighted by Gasteiger charge is -2.22. The Morgan fingerprint density at radius 2 is 1.71 bits per heavy atom. The Bertz CT molecular complexity index is 331. The minimum atomic E-state index is -0.747. The number of carbonyl (C=O) groups is 2. The van der Waals surface area contributed by atoms with Crippen molar-refractivity contribution >= 4 is 17.8 Å². The van der Waals surface area contributed by atoms with Crippen molar-refractivity contribution in [2.45, 2.75) is 31.7 Å². The molecule has 5 nitrogen and oxygen atoms in total. The van der Waals surface area contributed by atoms with Gasteiger partial charge in [-0.05, 0) is 25.7 Å². The number of hydrogen-bond donors (Lipinski definition) is 2. The molecule has 0 aromatic heterocycles. The highest BCUT2D eigenvalue weighted by Gasteiger charge is 2.59. The maximum absolute atomic E-state index is 11.5. The van der Waals surface area contributed by atoms with Gasteiger partial charge < -0.3 is 0 Å². The molecule has 0 aromatic rings. The third-order valence-corrected chi connectivity index (χ3v) is 2.94. The molecule has 0 unspecified atom stereocenters. The normalized spacial score (nSPS) is 28.4. The highest BCUT2D eigenvalue weighted by molar-refractivity contribution is 6.22. The van der Waals surface area contributed by atoms with Crippen LogP contribution in [0.1, 0.15) is 25.7 Å². The molecule has 5 heteroatoms. The summed E-state index contributed by atoms with van der Waals surface area (Å²) in [4.78, 5) is 27.3. The predicted molar refractivity (Wildman–Crippen MR) is 48.4 cm³/mol. The molecule has 2 amide bonds. The summed E-state index contributed by atoms with van der Waals surface area (Å²) in [5.41, 5.74) is -0.747. The SMILES string of the molecule is O=C1NC(=NC2CC2)NC(=O)C12CC2. The molecule has 1 heterocycles. The summed E-state index contributed by atoms with van der Waals surface area (Å²) < 4.78 is 0. The van der Waals surface area contributed by atoms with Gasteiger partial charge in [-0.3, -0.25) is 20.2 Å². The Morgan fingerprint density at radius 1 is 1.14 bits per heavy atom. The highest BCUT2D eigenvalue weighted by atomic mass is 16.2. The van der Waals surface area contributed by atoms with Gasteiger partial charge in [0, 0.05) is 0 Å². The summed E-state index contributed by atoms with van der Waals surface area (Å²) in [7, 11) is 0. The molecule has 2 aliphatic carbocycles. The molecular formula is C9H11N3O2. The molecule has 2 saturated carbocycles. The molecule has 1 spiro atoms. The van der Waals surface area contributed by atoms with Gasteiger partial charge in [0.15, 0.2) is 0 Å². The van der Waals surface area contributed by atoms with E-state index < -0.39 is 5.41 Å².